The molecule has 0 aromatic carbocycles. The Morgan fingerprint density at radius 3 is 2.44 bits per heavy atom. The van der Waals surface area contributed by atoms with Crippen molar-refractivity contribution in [3.05, 3.63) is 0 Å². The van der Waals surface area contributed by atoms with Crippen LogP contribution in [0, 0.1) is 11.8 Å². The smallest absolute Gasteiger partial charge is 0.0743 e. The van der Waals surface area contributed by atoms with Crippen molar-refractivity contribution in [3.63, 3.8) is 0 Å². The van der Waals surface area contributed by atoms with Crippen LogP contribution in [-0.4, -0.2) is 23.3 Å². The minimum Gasteiger partial charge on any atom is -0.389 e. The monoisotopic (exact) mass is 227 g/mol. The Morgan fingerprint density at radius 2 is 2.00 bits per heavy atom. The van der Waals surface area contributed by atoms with Gasteiger partial charge in [0.1, 0.15) is 0 Å². The van der Waals surface area contributed by atoms with Crippen molar-refractivity contribution in [2.24, 2.45) is 11.8 Å². The summed E-state index contributed by atoms with van der Waals surface area (Å²) in [4.78, 5) is 0. The molecule has 2 atom stereocenters. The Balaban J connectivity index is 2.22. The average molecular weight is 227 g/mol. The van der Waals surface area contributed by atoms with Gasteiger partial charge in [-0.1, -0.05) is 20.8 Å². The quantitative estimate of drug-likeness (QED) is 0.668. The molecule has 0 bridgehead atoms. The molecule has 2 heteroatoms. The summed E-state index contributed by atoms with van der Waals surface area (Å²) >= 11 is 0. The Hall–Kier alpha value is -0.0800. The van der Waals surface area contributed by atoms with Gasteiger partial charge in [-0.3, -0.25) is 0 Å². The van der Waals surface area contributed by atoms with E-state index in [4.69, 9.17) is 0 Å². The molecule has 0 heterocycles. The van der Waals surface area contributed by atoms with Crippen LogP contribution in [0.4, 0.5) is 0 Å². The average Bonchev–Trinajstić information content (AvgIpc) is 3.00. The first kappa shape index (κ1) is 14.0. The molecule has 2 unspecified atom stereocenters. The van der Waals surface area contributed by atoms with E-state index >= 15 is 0 Å². The molecule has 1 saturated carbocycles. The fourth-order valence-corrected chi connectivity index (χ4v) is 2.18. The number of hydrogen-bond donors (Lipinski definition) is 2. The van der Waals surface area contributed by atoms with E-state index in [1.54, 1.807) is 0 Å². The lowest BCUT2D eigenvalue weighted by Gasteiger charge is -2.27. The number of rotatable bonds is 8. The summed E-state index contributed by atoms with van der Waals surface area (Å²) in [5.41, 5.74) is -0.535. The van der Waals surface area contributed by atoms with Gasteiger partial charge in [0.2, 0.25) is 0 Å². The van der Waals surface area contributed by atoms with Crippen LogP contribution in [0.2, 0.25) is 0 Å². The topological polar surface area (TPSA) is 32.3 Å². The third-order valence-corrected chi connectivity index (χ3v) is 3.64. The van der Waals surface area contributed by atoms with Gasteiger partial charge in [-0.15, -0.1) is 0 Å². The zero-order chi connectivity index (χ0) is 12.2. The molecule has 2 nitrogen and oxygen atoms in total. The van der Waals surface area contributed by atoms with Gasteiger partial charge in [0.15, 0.2) is 0 Å². The summed E-state index contributed by atoms with van der Waals surface area (Å²) in [7, 11) is 0. The SMILES string of the molecule is CCC(NCC(C)(O)CCC(C)C)C1CC1. The van der Waals surface area contributed by atoms with Gasteiger partial charge in [-0.25, -0.2) is 0 Å². The number of hydrogen-bond acceptors (Lipinski definition) is 2. The van der Waals surface area contributed by atoms with Crippen molar-refractivity contribution in [1.29, 1.82) is 0 Å². The molecule has 1 aliphatic carbocycles. The van der Waals surface area contributed by atoms with Crippen molar-refractivity contribution in [1.82, 2.24) is 5.32 Å². The standard InChI is InChI=1S/C14H29NO/c1-5-13(12-6-7-12)15-10-14(4,16)9-8-11(2)3/h11-13,15-16H,5-10H2,1-4H3. The maximum atomic E-state index is 10.2. The second-order valence-electron chi connectivity index (χ2n) is 6.16. The Kier molecular flexibility index (Phi) is 5.26. The Bertz CT molecular complexity index is 197. The van der Waals surface area contributed by atoms with E-state index in [0.717, 1.165) is 25.3 Å². The lowest BCUT2D eigenvalue weighted by atomic mass is 9.94. The summed E-state index contributed by atoms with van der Waals surface area (Å²) in [5, 5.41) is 13.8. The first-order valence-corrected chi connectivity index (χ1v) is 6.90. The van der Waals surface area contributed by atoms with Crippen molar-refractivity contribution in [2.75, 3.05) is 6.54 Å². The molecule has 1 aliphatic rings. The highest BCUT2D eigenvalue weighted by Gasteiger charge is 2.31. The van der Waals surface area contributed by atoms with Crippen LogP contribution in [0.15, 0.2) is 0 Å². The van der Waals surface area contributed by atoms with Crippen LogP contribution in [0.5, 0.6) is 0 Å². The van der Waals surface area contributed by atoms with Crippen LogP contribution in [0.1, 0.15) is 59.8 Å². The van der Waals surface area contributed by atoms with Gasteiger partial charge in [0, 0.05) is 12.6 Å². The molecule has 2 N–H and O–H groups in total. The second kappa shape index (κ2) is 6.02. The molecular formula is C14H29NO. The van der Waals surface area contributed by atoms with Crippen LogP contribution in [-0.2, 0) is 0 Å². The number of nitrogens with one attached hydrogen (secondary N) is 1. The summed E-state index contributed by atoms with van der Waals surface area (Å²) in [5.74, 6) is 1.56. The molecule has 0 aromatic rings. The van der Waals surface area contributed by atoms with Crippen LogP contribution >= 0.6 is 0 Å². The molecule has 0 spiro atoms. The van der Waals surface area contributed by atoms with Crippen molar-refractivity contribution >= 4 is 0 Å². The molecule has 1 rings (SSSR count). The molecule has 0 amide bonds. The normalized spacial score (nSPS) is 22.1. The second-order valence-corrected chi connectivity index (χ2v) is 6.16. The predicted molar refractivity (Wildman–Crippen MR) is 69.5 cm³/mol. The summed E-state index contributed by atoms with van der Waals surface area (Å²) < 4.78 is 0. The van der Waals surface area contributed by atoms with E-state index < -0.39 is 5.60 Å². The zero-order valence-electron chi connectivity index (χ0n) is 11.4. The molecule has 16 heavy (non-hydrogen) atoms. The highest BCUT2D eigenvalue weighted by molar-refractivity contribution is 4.87. The third kappa shape index (κ3) is 5.31. The van der Waals surface area contributed by atoms with Crippen LogP contribution < -0.4 is 5.32 Å². The van der Waals surface area contributed by atoms with Gasteiger partial charge in [-0.05, 0) is 50.9 Å². The fraction of sp³-hybridized carbons (Fsp3) is 1.00. The predicted octanol–water partition coefficient (Wildman–Crippen LogP) is 2.95. The summed E-state index contributed by atoms with van der Waals surface area (Å²) in [6.07, 6.45) is 5.94. The van der Waals surface area contributed by atoms with E-state index in [1.165, 1.54) is 19.3 Å². The van der Waals surface area contributed by atoms with E-state index in [2.05, 4.69) is 26.1 Å². The summed E-state index contributed by atoms with van der Waals surface area (Å²) in [6.45, 7) is 9.36. The van der Waals surface area contributed by atoms with E-state index in [1.807, 2.05) is 6.92 Å². The lowest BCUT2D eigenvalue weighted by Crippen LogP contribution is -2.43. The largest absolute Gasteiger partial charge is 0.389 e. The summed E-state index contributed by atoms with van der Waals surface area (Å²) in [6, 6.07) is 0.630. The van der Waals surface area contributed by atoms with Gasteiger partial charge in [0.25, 0.3) is 0 Å². The molecule has 1 fully saturated rings. The molecule has 0 aliphatic heterocycles. The Morgan fingerprint density at radius 1 is 1.38 bits per heavy atom. The molecule has 0 radical (unpaired) electrons. The van der Waals surface area contributed by atoms with Gasteiger partial charge >= 0.3 is 0 Å². The maximum absolute atomic E-state index is 10.2. The zero-order valence-corrected chi connectivity index (χ0v) is 11.4. The fourth-order valence-electron chi connectivity index (χ4n) is 2.18. The van der Waals surface area contributed by atoms with Crippen LogP contribution in [0.3, 0.4) is 0 Å². The van der Waals surface area contributed by atoms with E-state index in [9.17, 15) is 5.11 Å². The van der Waals surface area contributed by atoms with Crippen molar-refractivity contribution in [3.8, 4) is 0 Å². The first-order valence-electron chi connectivity index (χ1n) is 6.90. The highest BCUT2D eigenvalue weighted by atomic mass is 16.3. The lowest BCUT2D eigenvalue weighted by molar-refractivity contribution is 0.0417. The third-order valence-electron chi connectivity index (χ3n) is 3.64. The van der Waals surface area contributed by atoms with Crippen molar-refractivity contribution in [2.45, 2.75) is 71.4 Å². The maximum Gasteiger partial charge on any atom is 0.0743 e. The van der Waals surface area contributed by atoms with E-state index in [-0.39, 0.29) is 0 Å². The van der Waals surface area contributed by atoms with Gasteiger partial charge in [-0.2, -0.15) is 0 Å². The molecule has 0 aromatic heterocycles. The van der Waals surface area contributed by atoms with Crippen molar-refractivity contribution < 1.29 is 5.11 Å². The van der Waals surface area contributed by atoms with Gasteiger partial charge in [0.05, 0.1) is 5.60 Å². The number of aliphatic hydroxyl groups is 1. The van der Waals surface area contributed by atoms with E-state index in [0.29, 0.717) is 12.0 Å². The van der Waals surface area contributed by atoms with Crippen LogP contribution in [0.25, 0.3) is 0 Å². The molecule has 96 valence electrons. The van der Waals surface area contributed by atoms with Gasteiger partial charge < -0.3 is 10.4 Å². The first-order chi connectivity index (χ1) is 7.44. The minimum atomic E-state index is -0.535. The minimum absolute atomic E-state index is 0.535. The molecule has 0 saturated heterocycles. The Labute approximate surface area is 101 Å². The highest BCUT2D eigenvalue weighted by Crippen LogP contribution is 2.34. The molecular weight excluding hydrogens is 198 g/mol.